The Kier molecular flexibility index (Phi) is 9.44. The summed E-state index contributed by atoms with van der Waals surface area (Å²) < 4.78 is 7.13. The molecule has 9 nitrogen and oxygen atoms in total. The first-order valence-corrected chi connectivity index (χ1v) is 12.3. The van der Waals surface area contributed by atoms with Crippen molar-refractivity contribution in [3.63, 3.8) is 0 Å². The van der Waals surface area contributed by atoms with Crippen molar-refractivity contribution in [2.45, 2.75) is 52.0 Å². The van der Waals surface area contributed by atoms with Crippen molar-refractivity contribution in [2.24, 2.45) is 7.05 Å². The number of ether oxygens (including phenoxy) is 1. The molecule has 0 bridgehead atoms. The van der Waals surface area contributed by atoms with Gasteiger partial charge in [0.1, 0.15) is 11.7 Å². The maximum Gasteiger partial charge on any atom is 0.412 e. The summed E-state index contributed by atoms with van der Waals surface area (Å²) in [6.07, 6.45) is 6.07. The van der Waals surface area contributed by atoms with Gasteiger partial charge in [0, 0.05) is 25.3 Å². The summed E-state index contributed by atoms with van der Waals surface area (Å²) in [6.45, 7) is 3.04. The fraction of sp³-hybridized carbons (Fsp3) is 0.407. The summed E-state index contributed by atoms with van der Waals surface area (Å²) in [5.41, 5.74) is 3.20. The third-order valence-electron chi connectivity index (χ3n) is 6.15. The van der Waals surface area contributed by atoms with Crippen LogP contribution < -0.4 is 10.2 Å². The Balaban J connectivity index is 1.52. The van der Waals surface area contributed by atoms with Crippen molar-refractivity contribution in [3.05, 3.63) is 59.4 Å². The first-order valence-electron chi connectivity index (χ1n) is 12.3. The van der Waals surface area contributed by atoms with Crippen molar-refractivity contribution >= 4 is 34.6 Å². The van der Waals surface area contributed by atoms with Gasteiger partial charge >= 0.3 is 12.1 Å². The van der Waals surface area contributed by atoms with Crippen molar-refractivity contribution in [1.82, 2.24) is 14.9 Å². The molecule has 0 aliphatic heterocycles. The Labute approximate surface area is 211 Å². The first-order chi connectivity index (χ1) is 17.3. The van der Waals surface area contributed by atoms with E-state index in [-0.39, 0.29) is 11.4 Å². The molecule has 3 rings (SSSR count). The second-order valence-corrected chi connectivity index (χ2v) is 8.90. The summed E-state index contributed by atoms with van der Waals surface area (Å²) >= 11 is 0. The van der Waals surface area contributed by atoms with Gasteiger partial charge in [0.2, 0.25) is 0 Å². The van der Waals surface area contributed by atoms with Crippen LogP contribution in [0.5, 0.6) is 0 Å². The number of benzene rings is 2. The van der Waals surface area contributed by atoms with Gasteiger partial charge in [-0.05, 0) is 48.9 Å². The number of unbranched alkanes of at least 4 members (excludes halogenated alkanes) is 5. The largest absolute Gasteiger partial charge is 0.478 e. The van der Waals surface area contributed by atoms with Crippen LogP contribution >= 0.6 is 0 Å². The lowest BCUT2D eigenvalue weighted by Crippen LogP contribution is -2.31. The van der Waals surface area contributed by atoms with E-state index in [1.165, 1.54) is 19.3 Å². The fourth-order valence-corrected chi connectivity index (χ4v) is 3.97. The summed E-state index contributed by atoms with van der Waals surface area (Å²) in [5, 5.41) is 19.9. The van der Waals surface area contributed by atoms with Gasteiger partial charge in [0.05, 0.1) is 29.7 Å². The van der Waals surface area contributed by atoms with E-state index in [4.69, 9.17) is 10.1 Å². The van der Waals surface area contributed by atoms with Crippen molar-refractivity contribution in [1.29, 1.82) is 5.41 Å². The van der Waals surface area contributed by atoms with Gasteiger partial charge in [-0.2, -0.15) is 0 Å². The lowest BCUT2D eigenvalue weighted by atomic mass is 10.1. The molecule has 0 spiro atoms. The molecule has 0 unspecified atom stereocenters. The van der Waals surface area contributed by atoms with Crippen LogP contribution in [0.3, 0.4) is 0 Å². The molecule has 1 aromatic heterocycles. The third-order valence-corrected chi connectivity index (χ3v) is 6.15. The van der Waals surface area contributed by atoms with Gasteiger partial charge in [-0.3, -0.25) is 10.7 Å². The normalized spacial score (nSPS) is 10.9. The predicted octanol–water partition coefficient (Wildman–Crippen LogP) is 5.32. The molecule has 192 valence electrons. The number of fused-ring (bicyclic) bond motifs is 1. The molecular formula is C27H35N5O4. The number of hydrogen-bond donors (Lipinski definition) is 3. The Hall–Kier alpha value is -3.88. The van der Waals surface area contributed by atoms with Crippen LogP contribution in [0.25, 0.3) is 11.0 Å². The highest BCUT2D eigenvalue weighted by molar-refractivity contribution is 6.04. The minimum atomic E-state index is -0.979. The average molecular weight is 494 g/mol. The number of carboxylic acid groups (broad SMARTS) is 1. The third kappa shape index (κ3) is 7.07. The molecule has 3 aromatic rings. The number of nitrogens with one attached hydrogen (secondary N) is 2. The molecule has 0 aliphatic rings. The Morgan fingerprint density at radius 1 is 1.06 bits per heavy atom. The number of carboxylic acids is 1. The predicted molar refractivity (Wildman–Crippen MR) is 141 cm³/mol. The minimum absolute atomic E-state index is 0.0123. The Morgan fingerprint density at radius 3 is 2.42 bits per heavy atom. The molecule has 2 aromatic carbocycles. The molecule has 0 radical (unpaired) electrons. The minimum Gasteiger partial charge on any atom is -0.478 e. The molecule has 0 saturated carbocycles. The number of aryl methyl sites for hydroxylation is 1. The molecule has 0 aliphatic carbocycles. The number of aromatic nitrogens is 2. The smallest absolute Gasteiger partial charge is 0.412 e. The molecule has 1 amide bonds. The van der Waals surface area contributed by atoms with E-state index in [2.05, 4.69) is 17.2 Å². The van der Waals surface area contributed by atoms with Gasteiger partial charge in [0.15, 0.2) is 0 Å². The molecular weight excluding hydrogens is 458 g/mol. The average Bonchev–Trinajstić information content (AvgIpc) is 3.17. The number of hydrogen-bond acceptors (Lipinski definition) is 6. The standard InChI is InChI=1S/C27H35N5O4/c1-4-5-6-7-8-9-16-36-27(35)30-25(28)19-10-13-21(14-11-19)31(2)18-24-29-22-17-20(26(33)34)12-15-23(22)32(24)3/h10-15,17H,4-9,16,18H2,1-3H3,(H,33,34)(H2,28,30,35). The maximum atomic E-state index is 12.0. The topological polar surface area (TPSA) is 121 Å². The number of rotatable bonds is 12. The summed E-state index contributed by atoms with van der Waals surface area (Å²) in [4.78, 5) is 29.8. The van der Waals surface area contributed by atoms with E-state index < -0.39 is 12.1 Å². The summed E-state index contributed by atoms with van der Waals surface area (Å²) in [7, 11) is 3.83. The van der Waals surface area contributed by atoms with Crippen LogP contribution in [0.15, 0.2) is 42.5 Å². The molecule has 36 heavy (non-hydrogen) atoms. The molecule has 1 heterocycles. The fourth-order valence-electron chi connectivity index (χ4n) is 3.97. The molecule has 0 fully saturated rings. The van der Waals surface area contributed by atoms with Crippen LogP contribution in [0.4, 0.5) is 10.5 Å². The van der Waals surface area contributed by atoms with Crippen LogP contribution in [-0.2, 0) is 18.3 Å². The van der Waals surface area contributed by atoms with Crippen LogP contribution in [0.2, 0.25) is 0 Å². The van der Waals surface area contributed by atoms with E-state index in [0.717, 1.165) is 36.3 Å². The number of anilines is 1. The summed E-state index contributed by atoms with van der Waals surface area (Å²) in [5.74, 6) is -0.198. The number of alkyl carbamates (subject to hydrolysis) is 1. The van der Waals surface area contributed by atoms with Gasteiger partial charge in [0.25, 0.3) is 0 Å². The maximum absolute atomic E-state index is 12.0. The quantitative estimate of drug-likeness (QED) is 0.178. The Morgan fingerprint density at radius 2 is 1.72 bits per heavy atom. The van der Waals surface area contributed by atoms with Crippen molar-refractivity contribution in [2.75, 3.05) is 18.6 Å². The zero-order valence-electron chi connectivity index (χ0n) is 21.2. The number of amidine groups is 1. The molecule has 0 saturated heterocycles. The van der Waals surface area contributed by atoms with E-state index in [9.17, 15) is 14.7 Å². The lowest BCUT2D eigenvalue weighted by molar-refractivity contribution is 0.0697. The van der Waals surface area contributed by atoms with Gasteiger partial charge in [-0.25, -0.2) is 14.6 Å². The summed E-state index contributed by atoms with van der Waals surface area (Å²) in [6, 6.07) is 12.2. The van der Waals surface area contributed by atoms with Crippen LogP contribution in [0, 0.1) is 5.41 Å². The number of imidazole rings is 1. The zero-order chi connectivity index (χ0) is 26.1. The van der Waals surface area contributed by atoms with E-state index in [0.29, 0.717) is 24.2 Å². The highest BCUT2D eigenvalue weighted by atomic mass is 16.5. The number of nitrogens with zero attached hydrogens (tertiary/aromatic N) is 3. The molecule has 3 N–H and O–H groups in total. The molecule has 9 heteroatoms. The number of carbonyl (C=O) groups excluding carboxylic acids is 1. The van der Waals surface area contributed by atoms with E-state index in [1.54, 1.807) is 30.3 Å². The van der Waals surface area contributed by atoms with Gasteiger partial charge in [-0.15, -0.1) is 0 Å². The van der Waals surface area contributed by atoms with E-state index >= 15 is 0 Å². The molecule has 0 atom stereocenters. The van der Waals surface area contributed by atoms with E-state index in [1.807, 2.05) is 35.7 Å². The first kappa shape index (κ1) is 26.7. The van der Waals surface area contributed by atoms with Crippen LogP contribution in [0.1, 0.15) is 67.2 Å². The number of carbonyl (C=O) groups is 2. The number of amides is 1. The van der Waals surface area contributed by atoms with Crippen molar-refractivity contribution < 1.29 is 19.4 Å². The highest BCUT2D eigenvalue weighted by Gasteiger charge is 2.14. The van der Waals surface area contributed by atoms with Gasteiger partial charge < -0.3 is 19.3 Å². The Bertz CT molecular complexity index is 1200. The second kappa shape index (κ2) is 12.7. The van der Waals surface area contributed by atoms with Gasteiger partial charge in [-0.1, -0.05) is 39.0 Å². The number of aromatic carboxylic acids is 1. The highest BCUT2D eigenvalue weighted by Crippen LogP contribution is 2.21. The zero-order valence-corrected chi connectivity index (χ0v) is 21.2. The lowest BCUT2D eigenvalue weighted by Gasteiger charge is -2.19. The van der Waals surface area contributed by atoms with Crippen LogP contribution in [-0.4, -0.2) is 46.2 Å². The SMILES string of the molecule is CCCCCCCCOC(=O)NC(=N)c1ccc(N(C)Cc2nc3cc(C(=O)O)ccc3n2C)cc1. The monoisotopic (exact) mass is 493 g/mol. The second-order valence-electron chi connectivity index (χ2n) is 8.90. The van der Waals surface area contributed by atoms with Crippen molar-refractivity contribution in [3.8, 4) is 0 Å².